The number of ether oxygens (including phenoxy) is 2. The summed E-state index contributed by atoms with van der Waals surface area (Å²) >= 11 is 5.33. The molecule has 0 saturated heterocycles. The van der Waals surface area contributed by atoms with E-state index in [2.05, 4.69) is 20.8 Å². The minimum Gasteiger partial charge on any atom is -0.447 e. The van der Waals surface area contributed by atoms with Crippen molar-refractivity contribution >= 4 is 35.6 Å². The molecule has 0 atom stereocenters. The lowest BCUT2D eigenvalue weighted by Crippen LogP contribution is -2.17. The Morgan fingerprint density at radius 2 is 1.81 bits per heavy atom. The lowest BCUT2D eigenvalue weighted by Gasteiger charge is -2.10. The number of rotatable bonds is 9. The van der Waals surface area contributed by atoms with Gasteiger partial charge in [0.2, 0.25) is 5.91 Å². The van der Waals surface area contributed by atoms with E-state index in [0.717, 1.165) is 11.1 Å². The molecule has 3 aromatic rings. The quantitative estimate of drug-likeness (QED) is 0.330. The highest BCUT2D eigenvalue weighted by atomic mass is 32.1. The highest BCUT2D eigenvalue weighted by Gasteiger charge is 2.11. The molecule has 168 valence electrons. The van der Waals surface area contributed by atoms with Gasteiger partial charge >= 0.3 is 6.09 Å². The molecular formula is C22H25N5O4S. The molecule has 0 fully saturated rings. The molecule has 0 radical (unpaired) electrons. The largest absolute Gasteiger partial charge is 0.447 e. The predicted molar refractivity (Wildman–Crippen MR) is 124 cm³/mol. The zero-order valence-electron chi connectivity index (χ0n) is 17.9. The van der Waals surface area contributed by atoms with Crippen molar-refractivity contribution in [2.24, 2.45) is 0 Å². The van der Waals surface area contributed by atoms with E-state index in [1.807, 2.05) is 31.2 Å². The van der Waals surface area contributed by atoms with Crippen LogP contribution in [0.4, 0.5) is 16.2 Å². The SMILES string of the molecule is COCCOC(=O)Nc1cccc(NC(=O)CCn2c(-c3ccc(C)cc3)n[nH]c2=S)c1. The summed E-state index contributed by atoms with van der Waals surface area (Å²) in [5, 5.41) is 12.5. The highest BCUT2D eigenvalue weighted by molar-refractivity contribution is 7.71. The van der Waals surface area contributed by atoms with Gasteiger partial charge in [-0.25, -0.2) is 4.79 Å². The Labute approximate surface area is 190 Å². The van der Waals surface area contributed by atoms with Gasteiger partial charge in [-0.05, 0) is 37.3 Å². The van der Waals surface area contributed by atoms with Gasteiger partial charge in [0.15, 0.2) is 10.6 Å². The Morgan fingerprint density at radius 3 is 2.53 bits per heavy atom. The molecule has 32 heavy (non-hydrogen) atoms. The van der Waals surface area contributed by atoms with Crippen molar-refractivity contribution < 1.29 is 19.1 Å². The van der Waals surface area contributed by atoms with Gasteiger partial charge in [0.25, 0.3) is 0 Å². The van der Waals surface area contributed by atoms with Crippen molar-refractivity contribution in [2.45, 2.75) is 19.9 Å². The number of hydrogen-bond donors (Lipinski definition) is 3. The van der Waals surface area contributed by atoms with Crippen LogP contribution < -0.4 is 10.6 Å². The Hall–Kier alpha value is -3.50. The van der Waals surface area contributed by atoms with E-state index >= 15 is 0 Å². The summed E-state index contributed by atoms with van der Waals surface area (Å²) in [5.41, 5.74) is 3.12. The number of hydrogen-bond acceptors (Lipinski definition) is 6. The molecule has 0 saturated carbocycles. The molecular weight excluding hydrogens is 430 g/mol. The van der Waals surface area contributed by atoms with Gasteiger partial charge in [-0.2, -0.15) is 5.10 Å². The van der Waals surface area contributed by atoms with Crippen LogP contribution in [-0.4, -0.2) is 47.1 Å². The van der Waals surface area contributed by atoms with E-state index in [1.54, 1.807) is 28.8 Å². The molecule has 3 N–H and O–H groups in total. The summed E-state index contributed by atoms with van der Waals surface area (Å²) in [4.78, 5) is 24.3. The van der Waals surface area contributed by atoms with Crippen LogP contribution in [0.2, 0.25) is 0 Å². The molecule has 1 aromatic heterocycles. The van der Waals surface area contributed by atoms with Crippen LogP contribution in [-0.2, 0) is 20.8 Å². The number of benzene rings is 2. The molecule has 0 aliphatic heterocycles. The second-order valence-corrected chi connectivity index (χ2v) is 7.39. The summed E-state index contributed by atoms with van der Waals surface area (Å²) in [6.45, 7) is 2.85. The fraction of sp³-hybridized carbons (Fsp3) is 0.273. The monoisotopic (exact) mass is 455 g/mol. The maximum atomic E-state index is 12.5. The van der Waals surface area contributed by atoms with Gasteiger partial charge in [0, 0.05) is 37.0 Å². The first kappa shape index (κ1) is 23.2. The maximum absolute atomic E-state index is 12.5. The van der Waals surface area contributed by atoms with E-state index in [4.69, 9.17) is 21.7 Å². The highest BCUT2D eigenvalue weighted by Crippen LogP contribution is 2.19. The van der Waals surface area contributed by atoms with Gasteiger partial charge in [0.05, 0.1) is 6.61 Å². The van der Waals surface area contributed by atoms with E-state index in [9.17, 15) is 9.59 Å². The van der Waals surface area contributed by atoms with Gasteiger partial charge in [-0.1, -0.05) is 35.9 Å². The molecule has 0 unspecified atom stereocenters. The molecule has 0 spiro atoms. The van der Waals surface area contributed by atoms with Crippen molar-refractivity contribution in [1.29, 1.82) is 0 Å². The molecule has 2 aromatic carbocycles. The van der Waals surface area contributed by atoms with Crippen LogP contribution in [0.25, 0.3) is 11.4 Å². The maximum Gasteiger partial charge on any atom is 0.411 e. The summed E-state index contributed by atoms with van der Waals surface area (Å²) < 4.78 is 12.1. The Balaban J connectivity index is 1.58. The molecule has 0 aliphatic carbocycles. The van der Waals surface area contributed by atoms with E-state index in [1.165, 1.54) is 7.11 Å². The number of anilines is 2. The number of nitrogens with one attached hydrogen (secondary N) is 3. The number of carbonyl (C=O) groups is 2. The van der Waals surface area contributed by atoms with Crippen molar-refractivity contribution in [3.05, 3.63) is 58.9 Å². The van der Waals surface area contributed by atoms with E-state index < -0.39 is 6.09 Å². The van der Waals surface area contributed by atoms with Crippen LogP contribution in [0.15, 0.2) is 48.5 Å². The summed E-state index contributed by atoms with van der Waals surface area (Å²) in [6, 6.07) is 14.7. The average Bonchev–Trinajstić information content (AvgIpc) is 3.13. The van der Waals surface area contributed by atoms with Crippen molar-refractivity contribution in [2.75, 3.05) is 31.0 Å². The Morgan fingerprint density at radius 1 is 1.09 bits per heavy atom. The van der Waals surface area contributed by atoms with Crippen molar-refractivity contribution in [3.63, 3.8) is 0 Å². The van der Waals surface area contributed by atoms with E-state index in [-0.39, 0.29) is 18.9 Å². The lowest BCUT2D eigenvalue weighted by molar-refractivity contribution is -0.116. The zero-order valence-corrected chi connectivity index (χ0v) is 18.7. The predicted octanol–water partition coefficient (Wildman–Crippen LogP) is 4.14. The molecule has 10 heteroatoms. The smallest absolute Gasteiger partial charge is 0.411 e. The van der Waals surface area contributed by atoms with Crippen molar-refractivity contribution in [1.82, 2.24) is 14.8 Å². The zero-order chi connectivity index (χ0) is 22.9. The van der Waals surface area contributed by atoms with Crippen LogP contribution in [0.3, 0.4) is 0 Å². The number of nitrogens with zero attached hydrogens (tertiary/aromatic N) is 2. The first-order valence-corrected chi connectivity index (χ1v) is 10.4. The molecule has 0 aliphatic rings. The Bertz CT molecular complexity index is 1120. The van der Waals surface area contributed by atoms with Crippen LogP contribution in [0.5, 0.6) is 0 Å². The van der Waals surface area contributed by atoms with Crippen LogP contribution in [0, 0.1) is 11.7 Å². The number of amides is 2. The standard InChI is InChI=1S/C22H25N5O4S/c1-15-6-8-16(9-7-15)20-25-26-21(32)27(20)11-10-19(28)23-17-4-3-5-18(14-17)24-22(29)31-13-12-30-2/h3-9,14H,10-13H2,1-2H3,(H,23,28)(H,24,29)(H,26,32). The van der Waals surface area contributed by atoms with Crippen LogP contribution in [0.1, 0.15) is 12.0 Å². The first-order valence-electron chi connectivity index (χ1n) is 10.0. The van der Waals surface area contributed by atoms with Crippen molar-refractivity contribution in [3.8, 4) is 11.4 Å². The first-order chi connectivity index (χ1) is 15.5. The van der Waals surface area contributed by atoms with Crippen LogP contribution >= 0.6 is 12.2 Å². The third-order valence-electron chi connectivity index (χ3n) is 4.54. The fourth-order valence-electron chi connectivity index (χ4n) is 2.93. The summed E-state index contributed by atoms with van der Waals surface area (Å²) in [7, 11) is 1.53. The second-order valence-electron chi connectivity index (χ2n) is 7.00. The number of aromatic amines is 1. The normalized spacial score (nSPS) is 10.6. The number of aryl methyl sites for hydroxylation is 1. The summed E-state index contributed by atoms with van der Waals surface area (Å²) in [6.07, 6.45) is -0.396. The molecule has 2 amide bonds. The average molecular weight is 456 g/mol. The van der Waals surface area contributed by atoms with Gasteiger partial charge < -0.3 is 14.8 Å². The second kappa shape index (κ2) is 11.2. The van der Waals surface area contributed by atoms with Gasteiger partial charge in [0.1, 0.15) is 6.61 Å². The number of H-pyrrole nitrogens is 1. The molecule has 0 bridgehead atoms. The topological polar surface area (TPSA) is 110 Å². The molecule has 9 nitrogen and oxygen atoms in total. The third kappa shape index (κ3) is 6.50. The summed E-state index contributed by atoms with van der Waals surface area (Å²) in [5.74, 6) is 0.490. The van der Waals surface area contributed by atoms with E-state index in [0.29, 0.717) is 35.1 Å². The third-order valence-corrected chi connectivity index (χ3v) is 4.86. The Kier molecular flexibility index (Phi) is 8.12. The lowest BCUT2D eigenvalue weighted by atomic mass is 10.1. The minimum absolute atomic E-state index is 0.153. The minimum atomic E-state index is -0.594. The van der Waals surface area contributed by atoms with Gasteiger partial charge in [-0.15, -0.1) is 0 Å². The fourth-order valence-corrected chi connectivity index (χ4v) is 3.15. The molecule has 1 heterocycles. The number of carbonyl (C=O) groups excluding carboxylic acids is 2. The number of aromatic nitrogens is 3. The molecule has 3 rings (SSSR count). The number of methoxy groups -OCH3 is 1. The van der Waals surface area contributed by atoms with Gasteiger partial charge in [-0.3, -0.25) is 19.8 Å².